The average Bonchev–Trinajstić information content (AvgIpc) is 2.61. The molecule has 2 rings (SSSR count). The van der Waals surface area contributed by atoms with E-state index < -0.39 is 11.7 Å². The van der Waals surface area contributed by atoms with Gasteiger partial charge in [0.15, 0.2) is 0 Å². The summed E-state index contributed by atoms with van der Waals surface area (Å²) < 4.78 is 10.6. The lowest BCUT2D eigenvalue weighted by molar-refractivity contribution is -0.125. The lowest BCUT2D eigenvalue weighted by Gasteiger charge is -2.16. The summed E-state index contributed by atoms with van der Waals surface area (Å²) in [6.45, 7) is 2.55. The Morgan fingerprint density at radius 3 is 2.12 bits per heavy atom. The molecule has 0 saturated carbocycles. The third-order valence-electron chi connectivity index (χ3n) is 3.61. The number of hydrogen-bond donors (Lipinski definition) is 0. The van der Waals surface area contributed by atoms with Crippen LogP contribution in [-0.2, 0) is 4.79 Å². The molecular formula is C19H21NO4. The number of rotatable bonds is 7. The summed E-state index contributed by atoms with van der Waals surface area (Å²) in [5.74, 6) is 0.374. The fourth-order valence-corrected chi connectivity index (χ4v) is 2.08. The standard InChI is InChI=1S/C19H21NO4/c1-14-4-6-15(7-5-14)18(21)19(22)20(2)12-13-24-17-10-8-16(23-3)9-11-17/h4-11H,12-13H2,1-3H3. The molecule has 0 bridgehead atoms. The molecule has 0 aliphatic heterocycles. The van der Waals surface area contributed by atoms with Crippen molar-refractivity contribution in [3.63, 3.8) is 0 Å². The van der Waals surface area contributed by atoms with Crippen LogP contribution in [0.4, 0.5) is 0 Å². The Hall–Kier alpha value is -2.82. The van der Waals surface area contributed by atoms with Gasteiger partial charge in [-0.05, 0) is 31.2 Å². The van der Waals surface area contributed by atoms with Gasteiger partial charge in [0.05, 0.1) is 13.7 Å². The van der Waals surface area contributed by atoms with E-state index in [2.05, 4.69) is 0 Å². The number of carbonyl (C=O) groups excluding carboxylic acids is 2. The Kier molecular flexibility index (Phi) is 5.95. The third kappa shape index (κ3) is 4.59. The summed E-state index contributed by atoms with van der Waals surface area (Å²) in [5, 5.41) is 0. The molecule has 0 aliphatic carbocycles. The number of methoxy groups -OCH3 is 1. The van der Waals surface area contributed by atoms with Crippen molar-refractivity contribution >= 4 is 11.7 Å². The minimum atomic E-state index is -0.544. The van der Waals surface area contributed by atoms with Crippen LogP contribution in [0.1, 0.15) is 15.9 Å². The van der Waals surface area contributed by atoms with Gasteiger partial charge in [0.1, 0.15) is 18.1 Å². The molecule has 5 heteroatoms. The number of nitrogens with zero attached hydrogens (tertiary/aromatic N) is 1. The van der Waals surface area contributed by atoms with Gasteiger partial charge in [0.2, 0.25) is 5.78 Å². The highest BCUT2D eigenvalue weighted by Crippen LogP contribution is 2.16. The minimum Gasteiger partial charge on any atom is -0.497 e. The Morgan fingerprint density at radius 1 is 0.958 bits per heavy atom. The van der Waals surface area contributed by atoms with Crippen LogP contribution in [0.5, 0.6) is 11.5 Å². The average molecular weight is 327 g/mol. The van der Waals surface area contributed by atoms with Crippen LogP contribution in [0.3, 0.4) is 0 Å². The van der Waals surface area contributed by atoms with Crippen LogP contribution in [0, 0.1) is 6.92 Å². The largest absolute Gasteiger partial charge is 0.497 e. The highest BCUT2D eigenvalue weighted by molar-refractivity contribution is 6.42. The second-order valence-electron chi connectivity index (χ2n) is 5.45. The first-order chi connectivity index (χ1) is 11.5. The van der Waals surface area contributed by atoms with Gasteiger partial charge in [-0.25, -0.2) is 0 Å². The van der Waals surface area contributed by atoms with E-state index in [0.29, 0.717) is 24.5 Å². The zero-order valence-corrected chi connectivity index (χ0v) is 14.1. The number of ketones is 1. The SMILES string of the molecule is COc1ccc(OCCN(C)C(=O)C(=O)c2ccc(C)cc2)cc1. The number of likely N-dealkylation sites (N-methyl/N-ethyl adjacent to an activating group) is 1. The molecule has 2 aromatic carbocycles. The molecule has 0 aromatic heterocycles. The van der Waals surface area contributed by atoms with Gasteiger partial charge < -0.3 is 14.4 Å². The van der Waals surface area contributed by atoms with E-state index in [1.165, 1.54) is 4.90 Å². The molecule has 0 unspecified atom stereocenters. The lowest BCUT2D eigenvalue weighted by Crippen LogP contribution is -2.36. The van der Waals surface area contributed by atoms with Crippen molar-refractivity contribution in [1.29, 1.82) is 0 Å². The van der Waals surface area contributed by atoms with E-state index in [4.69, 9.17) is 9.47 Å². The molecular weight excluding hydrogens is 306 g/mol. The van der Waals surface area contributed by atoms with Gasteiger partial charge >= 0.3 is 0 Å². The van der Waals surface area contributed by atoms with E-state index in [-0.39, 0.29) is 0 Å². The summed E-state index contributed by atoms with van der Waals surface area (Å²) in [7, 11) is 3.19. The second-order valence-corrected chi connectivity index (χ2v) is 5.45. The predicted octanol–water partition coefficient (Wildman–Crippen LogP) is 2.72. The van der Waals surface area contributed by atoms with E-state index in [9.17, 15) is 9.59 Å². The molecule has 0 spiro atoms. The van der Waals surface area contributed by atoms with Gasteiger partial charge in [-0.1, -0.05) is 29.8 Å². The van der Waals surface area contributed by atoms with Crippen LogP contribution in [0.25, 0.3) is 0 Å². The molecule has 2 aromatic rings. The van der Waals surface area contributed by atoms with E-state index >= 15 is 0 Å². The number of hydrogen-bond acceptors (Lipinski definition) is 4. The number of Topliss-reactive ketones (excluding diaryl/α,β-unsaturated/α-hetero) is 1. The smallest absolute Gasteiger partial charge is 0.294 e. The number of benzene rings is 2. The molecule has 0 atom stereocenters. The topological polar surface area (TPSA) is 55.8 Å². The van der Waals surface area contributed by atoms with Crippen LogP contribution >= 0.6 is 0 Å². The monoisotopic (exact) mass is 327 g/mol. The van der Waals surface area contributed by atoms with Crippen molar-refractivity contribution in [1.82, 2.24) is 4.90 Å². The van der Waals surface area contributed by atoms with E-state index in [1.807, 2.05) is 19.1 Å². The Labute approximate surface area is 141 Å². The zero-order valence-electron chi connectivity index (χ0n) is 14.1. The number of carbonyl (C=O) groups is 2. The first-order valence-electron chi connectivity index (χ1n) is 7.64. The molecule has 0 N–H and O–H groups in total. The predicted molar refractivity (Wildman–Crippen MR) is 91.6 cm³/mol. The Morgan fingerprint density at radius 2 is 1.54 bits per heavy atom. The zero-order chi connectivity index (χ0) is 17.5. The van der Waals surface area contributed by atoms with Crippen molar-refractivity contribution in [2.75, 3.05) is 27.3 Å². The number of amides is 1. The van der Waals surface area contributed by atoms with Crippen molar-refractivity contribution < 1.29 is 19.1 Å². The molecule has 1 amide bonds. The van der Waals surface area contributed by atoms with E-state index in [0.717, 1.165) is 11.3 Å². The quantitative estimate of drug-likeness (QED) is 0.579. The second kappa shape index (κ2) is 8.15. The van der Waals surface area contributed by atoms with Gasteiger partial charge in [-0.15, -0.1) is 0 Å². The van der Waals surface area contributed by atoms with Gasteiger partial charge in [0, 0.05) is 12.6 Å². The van der Waals surface area contributed by atoms with Gasteiger partial charge in [-0.3, -0.25) is 9.59 Å². The summed E-state index contributed by atoms with van der Waals surface area (Å²) in [5.41, 5.74) is 1.44. The molecule has 0 heterocycles. The molecule has 0 aliphatic rings. The Balaban J connectivity index is 1.84. The molecule has 5 nitrogen and oxygen atoms in total. The van der Waals surface area contributed by atoms with E-state index in [1.54, 1.807) is 50.6 Å². The highest BCUT2D eigenvalue weighted by atomic mass is 16.5. The lowest BCUT2D eigenvalue weighted by atomic mass is 10.1. The summed E-state index contributed by atoms with van der Waals surface area (Å²) >= 11 is 0. The summed E-state index contributed by atoms with van der Waals surface area (Å²) in [4.78, 5) is 25.7. The Bertz CT molecular complexity index is 692. The molecule has 24 heavy (non-hydrogen) atoms. The summed E-state index contributed by atoms with van der Waals surface area (Å²) in [6, 6.07) is 14.1. The van der Waals surface area contributed by atoms with Gasteiger partial charge in [-0.2, -0.15) is 0 Å². The van der Waals surface area contributed by atoms with Gasteiger partial charge in [0.25, 0.3) is 5.91 Å². The van der Waals surface area contributed by atoms with Crippen LogP contribution in [-0.4, -0.2) is 43.9 Å². The molecule has 0 radical (unpaired) electrons. The first kappa shape index (κ1) is 17.5. The minimum absolute atomic E-state index is 0.301. The maximum absolute atomic E-state index is 12.2. The third-order valence-corrected chi connectivity index (χ3v) is 3.61. The van der Waals surface area contributed by atoms with Crippen molar-refractivity contribution in [3.8, 4) is 11.5 Å². The van der Waals surface area contributed by atoms with Crippen molar-refractivity contribution in [2.24, 2.45) is 0 Å². The van der Waals surface area contributed by atoms with Crippen LogP contribution in [0.15, 0.2) is 48.5 Å². The molecule has 0 saturated heterocycles. The fourth-order valence-electron chi connectivity index (χ4n) is 2.08. The maximum Gasteiger partial charge on any atom is 0.294 e. The number of ether oxygens (including phenoxy) is 2. The maximum atomic E-state index is 12.2. The molecule has 126 valence electrons. The highest BCUT2D eigenvalue weighted by Gasteiger charge is 2.20. The first-order valence-corrected chi connectivity index (χ1v) is 7.64. The van der Waals surface area contributed by atoms with Crippen molar-refractivity contribution in [3.05, 3.63) is 59.7 Å². The van der Waals surface area contributed by atoms with Crippen LogP contribution in [0.2, 0.25) is 0 Å². The van der Waals surface area contributed by atoms with Crippen LogP contribution < -0.4 is 9.47 Å². The number of aryl methyl sites for hydroxylation is 1. The van der Waals surface area contributed by atoms with Crippen molar-refractivity contribution in [2.45, 2.75) is 6.92 Å². The molecule has 0 fully saturated rings. The summed E-state index contributed by atoms with van der Waals surface area (Å²) in [6.07, 6.45) is 0. The fraction of sp³-hybridized carbons (Fsp3) is 0.263. The normalized spacial score (nSPS) is 10.1.